The molecule has 5 heteroatoms. The first-order valence-corrected chi connectivity index (χ1v) is 9.28. The van der Waals surface area contributed by atoms with Crippen molar-refractivity contribution >= 4 is 21.8 Å². The zero-order valence-electron chi connectivity index (χ0n) is 14.0. The molecule has 0 unspecified atom stereocenters. The van der Waals surface area contributed by atoms with Crippen molar-refractivity contribution in [3.8, 4) is 0 Å². The zero-order valence-corrected chi connectivity index (χ0v) is 15.5. The van der Waals surface area contributed by atoms with Crippen LogP contribution in [0, 0.1) is 11.7 Å². The molecule has 0 spiro atoms. The molecule has 0 radical (unpaired) electrons. The fraction of sp³-hybridized carbons (Fsp3) is 0.350. The number of hydrogen-bond acceptors (Lipinski definition) is 2. The summed E-state index contributed by atoms with van der Waals surface area (Å²) in [4.78, 5) is 14.4. The Morgan fingerprint density at radius 1 is 1.16 bits per heavy atom. The van der Waals surface area contributed by atoms with Gasteiger partial charge in [0.05, 0.1) is 6.61 Å². The van der Waals surface area contributed by atoms with E-state index in [9.17, 15) is 9.18 Å². The first-order chi connectivity index (χ1) is 12.1. The Morgan fingerprint density at radius 2 is 1.88 bits per heavy atom. The van der Waals surface area contributed by atoms with E-state index >= 15 is 0 Å². The predicted molar refractivity (Wildman–Crippen MR) is 98.8 cm³/mol. The number of carbonyl (C=O) groups excluding carboxylic acids is 1. The van der Waals surface area contributed by atoms with Crippen LogP contribution in [0.25, 0.3) is 0 Å². The van der Waals surface area contributed by atoms with Crippen molar-refractivity contribution in [3.05, 3.63) is 69.9 Å². The number of halogens is 2. The number of nitrogens with zero attached hydrogens (tertiary/aromatic N) is 1. The summed E-state index contributed by atoms with van der Waals surface area (Å²) in [7, 11) is 0. The van der Waals surface area contributed by atoms with Crippen LogP contribution in [0.15, 0.2) is 53.0 Å². The lowest BCUT2D eigenvalue weighted by Gasteiger charge is -2.32. The van der Waals surface area contributed by atoms with E-state index in [0.29, 0.717) is 19.1 Å². The van der Waals surface area contributed by atoms with Gasteiger partial charge in [0, 0.05) is 29.7 Å². The summed E-state index contributed by atoms with van der Waals surface area (Å²) in [6.07, 6.45) is 1.90. The largest absolute Gasteiger partial charge is 0.376 e. The van der Waals surface area contributed by atoms with Gasteiger partial charge in [0.15, 0.2) is 0 Å². The third-order valence-electron chi connectivity index (χ3n) is 4.51. The fourth-order valence-electron chi connectivity index (χ4n) is 3.03. The Morgan fingerprint density at radius 3 is 2.56 bits per heavy atom. The Bertz CT molecular complexity index is 712. The summed E-state index contributed by atoms with van der Waals surface area (Å²) in [6.45, 7) is 2.69. The molecule has 0 aliphatic carbocycles. The zero-order chi connectivity index (χ0) is 17.6. The molecule has 1 aliphatic heterocycles. The van der Waals surface area contributed by atoms with Gasteiger partial charge in [0.2, 0.25) is 0 Å². The highest BCUT2D eigenvalue weighted by atomic mass is 79.9. The van der Waals surface area contributed by atoms with Crippen LogP contribution in [-0.2, 0) is 11.3 Å². The molecule has 0 atom stereocenters. The second kappa shape index (κ2) is 8.59. The SMILES string of the molecule is O=C(c1cccc(Br)c1)N1CCC(COCc2ccc(F)cc2)CC1. The monoisotopic (exact) mass is 405 g/mol. The number of amides is 1. The number of carbonyl (C=O) groups is 1. The predicted octanol–water partition coefficient (Wildman–Crippen LogP) is 4.66. The highest BCUT2D eigenvalue weighted by molar-refractivity contribution is 9.10. The molecule has 2 aromatic carbocycles. The van der Waals surface area contributed by atoms with Gasteiger partial charge in [0.25, 0.3) is 5.91 Å². The quantitative estimate of drug-likeness (QED) is 0.723. The molecule has 2 aromatic rings. The number of likely N-dealkylation sites (tertiary alicyclic amines) is 1. The normalized spacial score (nSPS) is 15.4. The number of ether oxygens (including phenoxy) is 1. The molecule has 3 nitrogen and oxygen atoms in total. The van der Waals surface area contributed by atoms with Gasteiger partial charge in [-0.05, 0) is 54.7 Å². The third kappa shape index (κ3) is 5.13. The Balaban J connectivity index is 1.42. The van der Waals surface area contributed by atoms with Gasteiger partial charge < -0.3 is 9.64 Å². The lowest BCUT2D eigenvalue weighted by atomic mass is 9.97. The van der Waals surface area contributed by atoms with Crippen molar-refractivity contribution in [2.75, 3.05) is 19.7 Å². The van der Waals surface area contributed by atoms with Crippen molar-refractivity contribution in [1.29, 1.82) is 0 Å². The van der Waals surface area contributed by atoms with Crippen molar-refractivity contribution in [1.82, 2.24) is 4.90 Å². The minimum atomic E-state index is -0.230. The van der Waals surface area contributed by atoms with Crippen molar-refractivity contribution in [3.63, 3.8) is 0 Å². The van der Waals surface area contributed by atoms with E-state index in [0.717, 1.165) is 41.5 Å². The molecule has 1 saturated heterocycles. The number of piperidine rings is 1. The third-order valence-corrected chi connectivity index (χ3v) is 5.00. The van der Waals surface area contributed by atoms with Crippen LogP contribution in [0.2, 0.25) is 0 Å². The van der Waals surface area contributed by atoms with Crippen LogP contribution in [0.4, 0.5) is 4.39 Å². The fourth-order valence-corrected chi connectivity index (χ4v) is 3.43. The molecule has 0 bridgehead atoms. The summed E-state index contributed by atoms with van der Waals surface area (Å²) >= 11 is 3.41. The maximum atomic E-state index is 12.9. The van der Waals surface area contributed by atoms with Crippen molar-refractivity contribution in [2.24, 2.45) is 5.92 Å². The van der Waals surface area contributed by atoms with E-state index in [-0.39, 0.29) is 11.7 Å². The molecule has 1 fully saturated rings. The van der Waals surface area contributed by atoms with Crippen LogP contribution >= 0.6 is 15.9 Å². The summed E-state index contributed by atoms with van der Waals surface area (Å²) in [6, 6.07) is 13.9. The molecule has 1 amide bonds. The first kappa shape index (κ1) is 18.1. The molecule has 3 rings (SSSR count). The average Bonchev–Trinajstić information content (AvgIpc) is 2.63. The highest BCUT2D eigenvalue weighted by Crippen LogP contribution is 2.21. The maximum absolute atomic E-state index is 12.9. The van der Waals surface area contributed by atoms with E-state index in [2.05, 4.69) is 15.9 Å². The minimum Gasteiger partial charge on any atom is -0.376 e. The van der Waals surface area contributed by atoms with Gasteiger partial charge in [-0.1, -0.05) is 34.1 Å². The highest BCUT2D eigenvalue weighted by Gasteiger charge is 2.23. The summed E-state index contributed by atoms with van der Waals surface area (Å²) in [5.74, 6) is 0.324. The van der Waals surface area contributed by atoms with Crippen LogP contribution in [-0.4, -0.2) is 30.5 Å². The summed E-state index contributed by atoms with van der Waals surface area (Å²) < 4.78 is 19.6. The first-order valence-electron chi connectivity index (χ1n) is 8.49. The second-order valence-electron chi connectivity index (χ2n) is 6.39. The molecular formula is C20H21BrFNO2. The topological polar surface area (TPSA) is 29.5 Å². The molecule has 25 heavy (non-hydrogen) atoms. The lowest BCUT2D eigenvalue weighted by molar-refractivity contribution is 0.0478. The smallest absolute Gasteiger partial charge is 0.253 e. The van der Waals surface area contributed by atoms with Gasteiger partial charge in [-0.3, -0.25) is 4.79 Å². The average molecular weight is 406 g/mol. The van der Waals surface area contributed by atoms with E-state index in [4.69, 9.17) is 4.74 Å². The second-order valence-corrected chi connectivity index (χ2v) is 7.30. The van der Waals surface area contributed by atoms with Crippen molar-refractivity contribution in [2.45, 2.75) is 19.4 Å². The minimum absolute atomic E-state index is 0.0898. The summed E-state index contributed by atoms with van der Waals surface area (Å²) in [5.41, 5.74) is 1.70. The molecule has 0 aromatic heterocycles. The van der Waals surface area contributed by atoms with Crippen LogP contribution in [0.5, 0.6) is 0 Å². The number of hydrogen-bond donors (Lipinski definition) is 0. The molecule has 1 heterocycles. The van der Waals surface area contributed by atoms with E-state index in [1.54, 1.807) is 12.1 Å². The maximum Gasteiger partial charge on any atom is 0.253 e. The number of rotatable bonds is 5. The summed E-state index contributed by atoms with van der Waals surface area (Å²) in [5, 5.41) is 0. The van der Waals surface area contributed by atoms with E-state index in [1.165, 1.54) is 12.1 Å². The van der Waals surface area contributed by atoms with Gasteiger partial charge in [0.1, 0.15) is 5.82 Å². The number of benzene rings is 2. The Kier molecular flexibility index (Phi) is 6.21. The van der Waals surface area contributed by atoms with Gasteiger partial charge >= 0.3 is 0 Å². The van der Waals surface area contributed by atoms with Crippen molar-refractivity contribution < 1.29 is 13.9 Å². The lowest BCUT2D eigenvalue weighted by Crippen LogP contribution is -2.39. The molecule has 0 saturated carbocycles. The molecular weight excluding hydrogens is 385 g/mol. The Hall–Kier alpha value is -1.72. The van der Waals surface area contributed by atoms with Gasteiger partial charge in [-0.2, -0.15) is 0 Å². The standard InChI is InChI=1S/C20H21BrFNO2/c21-18-3-1-2-17(12-18)20(24)23-10-8-16(9-11-23)14-25-13-15-4-6-19(22)7-5-15/h1-7,12,16H,8-11,13-14H2. The van der Waals surface area contributed by atoms with Gasteiger partial charge in [-0.15, -0.1) is 0 Å². The molecule has 0 N–H and O–H groups in total. The van der Waals surface area contributed by atoms with E-state index in [1.807, 2.05) is 29.2 Å². The van der Waals surface area contributed by atoms with Gasteiger partial charge in [-0.25, -0.2) is 4.39 Å². The van der Waals surface area contributed by atoms with Crippen LogP contribution < -0.4 is 0 Å². The Labute approximate surface area is 155 Å². The van der Waals surface area contributed by atoms with Crippen LogP contribution in [0.3, 0.4) is 0 Å². The molecule has 132 valence electrons. The van der Waals surface area contributed by atoms with E-state index < -0.39 is 0 Å². The van der Waals surface area contributed by atoms with Crippen LogP contribution in [0.1, 0.15) is 28.8 Å². The molecule has 1 aliphatic rings.